The Morgan fingerprint density at radius 2 is 1.47 bits per heavy atom. The molecule has 3 aromatic rings. The van der Waals surface area contributed by atoms with Gasteiger partial charge in [0.15, 0.2) is 0 Å². The Balaban J connectivity index is 1.36. The van der Waals surface area contributed by atoms with E-state index >= 15 is 0 Å². The fourth-order valence-electron chi connectivity index (χ4n) is 4.20. The quantitative estimate of drug-likeness (QED) is 0.579. The highest BCUT2D eigenvalue weighted by molar-refractivity contribution is 5.95. The molecule has 0 radical (unpaired) electrons. The van der Waals surface area contributed by atoms with Crippen molar-refractivity contribution >= 4 is 5.91 Å². The molecule has 0 unspecified atom stereocenters. The van der Waals surface area contributed by atoms with Gasteiger partial charge in [-0.25, -0.2) is 0 Å². The Kier molecular flexibility index (Phi) is 6.94. The second kappa shape index (κ2) is 10.2. The van der Waals surface area contributed by atoms with Gasteiger partial charge in [-0.3, -0.25) is 9.69 Å². The van der Waals surface area contributed by atoms with Crippen LogP contribution in [-0.4, -0.2) is 23.9 Å². The second-order valence-corrected chi connectivity index (χ2v) is 8.13. The molecular formula is C27H30N2O. The molecule has 1 aliphatic heterocycles. The average Bonchev–Trinajstić information content (AvgIpc) is 3.30. The van der Waals surface area contributed by atoms with Gasteiger partial charge in [0, 0.05) is 18.7 Å². The number of rotatable bonds is 8. The molecule has 30 heavy (non-hydrogen) atoms. The van der Waals surface area contributed by atoms with Gasteiger partial charge in [-0.1, -0.05) is 72.8 Å². The van der Waals surface area contributed by atoms with Gasteiger partial charge in [-0.15, -0.1) is 0 Å². The molecule has 0 aromatic heterocycles. The Morgan fingerprint density at radius 1 is 0.767 bits per heavy atom. The highest BCUT2D eigenvalue weighted by Crippen LogP contribution is 2.15. The zero-order valence-corrected chi connectivity index (χ0v) is 17.5. The fraction of sp³-hybridized carbons (Fsp3) is 0.296. The number of hydrogen-bond donors (Lipinski definition) is 1. The van der Waals surface area contributed by atoms with Gasteiger partial charge in [-0.05, 0) is 67.1 Å². The van der Waals surface area contributed by atoms with Gasteiger partial charge in [0.1, 0.15) is 0 Å². The molecule has 3 heteroatoms. The molecular weight excluding hydrogens is 368 g/mol. The van der Waals surface area contributed by atoms with Gasteiger partial charge >= 0.3 is 0 Å². The summed E-state index contributed by atoms with van der Waals surface area (Å²) in [5, 5.41) is 3.12. The molecule has 0 saturated carbocycles. The van der Waals surface area contributed by atoms with Crippen LogP contribution in [0, 0.1) is 0 Å². The number of hydrogen-bond acceptors (Lipinski definition) is 2. The standard InChI is InChI=1S/C27H30N2O/c30-27(26-14-5-4-13-25(26)16-15-22-9-2-1-3-10-22)28-20-23-11-8-12-24(19-23)21-29-17-6-7-18-29/h1-5,8-14,19H,6-7,15-18,20-21H2,(H,28,30). The van der Waals surface area contributed by atoms with Crippen molar-refractivity contribution in [3.05, 3.63) is 107 Å². The maximum Gasteiger partial charge on any atom is 0.251 e. The number of carbonyl (C=O) groups is 1. The van der Waals surface area contributed by atoms with Crippen LogP contribution in [0.5, 0.6) is 0 Å². The first kappa shape index (κ1) is 20.4. The van der Waals surface area contributed by atoms with Gasteiger partial charge in [-0.2, -0.15) is 0 Å². The van der Waals surface area contributed by atoms with Crippen LogP contribution in [0.15, 0.2) is 78.9 Å². The van der Waals surface area contributed by atoms with E-state index in [1.807, 2.05) is 24.3 Å². The molecule has 0 atom stereocenters. The minimum atomic E-state index is 0.00334. The molecule has 1 amide bonds. The van der Waals surface area contributed by atoms with Crippen molar-refractivity contribution in [3.63, 3.8) is 0 Å². The van der Waals surface area contributed by atoms with Crippen molar-refractivity contribution in [1.29, 1.82) is 0 Å². The summed E-state index contributed by atoms with van der Waals surface area (Å²) >= 11 is 0. The van der Waals surface area contributed by atoms with E-state index in [0.29, 0.717) is 6.54 Å². The zero-order chi connectivity index (χ0) is 20.6. The number of amides is 1. The predicted octanol–water partition coefficient (Wildman–Crippen LogP) is 5.00. The maximum atomic E-state index is 12.9. The van der Waals surface area contributed by atoms with E-state index in [0.717, 1.165) is 36.1 Å². The van der Waals surface area contributed by atoms with Gasteiger partial charge in [0.25, 0.3) is 5.91 Å². The Hall–Kier alpha value is -2.91. The SMILES string of the molecule is O=C(NCc1cccc(CN2CCCC2)c1)c1ccccc1CCc1ccccc1. The van der Waals surface area contributed by atoms with Crippen molar-refractivity contribution in [2.75, 3.05) is 13.1 Å². The van der Waals surface area contributed by atoms with E-state index in [9.17, 15) is 4.79 Å². The summed E-state index contributed by atoms with van der Waals surface area (Å²) in [6.07, 6.45) is 4.40. The van der Waals surface area contributed by atoms with E-state index in [-0.39, 0.29) is 5.91 Å². The predicted molar refractivity (Wildman–Crippen MR) is 122 cm³/mol. The zero-order valence-electron chi connectivity index (χ0n) is 17.5. The highest BCUT2D eigenvalue weighted by Gasteiger charge is 2.13. The van der Waals surface area contributed by atoms with Gasteiger partial charge in [0.05, 0.1) is 0 Å². The van der Waals surface area contributed by atoms with Crippen molar-refractivity contribution < 1.29 is 4.79 Å². The highest BCUT2D eigenvalue weighted by atomic mass is 16.1. The number of benzene rings is 3. The van der Waals surface area contributed by atoms with Crippen LogP contribution in [0.25, 0.3) is 0 Å². The molecule has 1 heterocycles. The van der Waals surface area contributed by atoms with Crippen LogP contribution in [0.2, 0.25) is 0 Å². The molecule has 0 bridgehead atoms. The van der Waals surface area contributed by atoms with E-state index in [1.54, 1.807) is 0 Å². The normalized spacial score (nSPS) is 14.0. The van der Waals surface area contributed by atoms with Crippen LogP contribution in [0.1, 0.15) is 45.5 Å². The Morgan fingerprint density at radius 3 is 2.30 bits per heavy atom. The van der Waals surface area contributed by atoms with Crippen LogP contribution >= 0.6 is 0 Å². The molecule has 154 valence electrons. The van der Waals surface area contributed by atoms with E-state index in [1.165, 1.54) is 37.1 Å². The lowest BCUT2D eigenvalue weighted by atomic mass is 9.99. The first-order valence-corrected chi connectivity index (χ1v) is 11.0. The molecule has 0 spiro atoms. The van der Waals surface area contributed by atoms with Crippen LogP contribution in [0.4, 0.5) is 0 Å². The molecule has 1 N–H and O–H groups in total. The van der Waals surface area contributed by atoms with Crippen molar-refractivity contribution in [2.45, 2.75) is 38.8 Å². The largest absolute Gasteiger partial charge is 0.348 e. The molecule has 3 aromatic carbocycles. The number of carbonyl (C=O) groups excluding carboxylic acids is 1. The number of likely N-dealkylation sites (tertiary alicyclic amines) is 1. The smallest absolute Gasteiger partial charge is 0.251 e. The third kappa shape index (κ3) is 5.58. The van der Waals surface area contributed by atoms with E-state index in [2.05, 4.69) is 64.8 Å². The lowest BCUT2D eigenvalue weighted by molar-refractivity contribution is 0.0950. The summed E-state index contributed by atoms with van der Waals surface area (Å²) in [6.45, 7) is 3.95. The number of nitrogens with zero attached hydrogens (tertiary/aromatic N) is 1. The minimum Gasteiger partial charge on any atom is -0.348 e. The van der Waals surface area contributed by atoms with Crippen LogP contribution in [0.3, 0.4) is 0 Å². The molecule has 1 fully saturated rings. The minimum absolute atomic E-state index is 0.00334. The summed E-state index contributed by atoms with van der Waals surface area (Å²) in [6, 6.07) is 27.0. The monoisotopic (exact) mass is 398 g/mol. The van der Waals surface area contributed by atoms with Crippen molar-refractivity contribution in [2.24, 2.45) is 0 Å². The lowest BCUT2D eigenvalue weighted by Gasteiger charge is -2.15. The molecule has 0 aliphatic carbocycles. The third-order valence-electron chi connectivity index (χ3n) is 5.84. The summed E-state index contributed by atoms with van der Waals surface area (Å²) in [4.78, 5) is 15.4. The lowest BCUT2D eigenvalue weighted by Crippen LogP contribution is -2.24. The molecule has 1 aliphatic rings. The number of nitrogens with one attached hydrogen (secondary N) is 1. The van der Waals surface area contributed by atoms with Crippen LogP contribution in [-0.2, 0) is 25.9 Å². The molecule has 4 rings (SSSR count). The second-order valence-electron chi connectivity index (χ2n) is 8.13. The fourth-order valence-corrected chi connectivity index (χ4v) is 4.20. The van der Waals surface area contributed by atoms with Gasteiger partial charge in [0.2, 0.25) is 0 Å². The summed E-state index contributed by atoms with van der Waals surface area (Å²) in [5.74, 6) is 0.00334. The Bertz CT molecular complexity index is 961. The Labute approximate surface area is 179 Å². The summed E-state index contributed by atoms with van der Waals surface area (Å²) in [7, 11) is 0. The van der Waals surface area contributed by atoms with E-state index in [4.69, 9.17) is 0 Å². The summed E-state index contributed by atoms with van der Waals surface area (Å²) < 4.78 is 0. The maximum absolute atomic E-state index is 12.9. The summed E-state index contributed by atoms with van der Waals surface area (Å²) in [5.41, 5.74) is 5.65. The van der Waals surface area contributed by atoms with Gasteiger partial charge < -0.3 is 5.32 Å². The topological polar surface area (TPSA) is 32.3 Å². The molecule has 3 nitrogen and oxygen atoms in total. The molecule has 1 saturated heterocycles. The van der Waals surface area contributed by atoms with Crippen molar-refractivity contribution in [1.82, 2.24) is 10.2 Å². The number of aryl methyl sites for hydroxylation is 2. The first-order valence-electron chi connectivity index (χ1n) is 11.0. The average molecular weight is 399 g/mol. The van der Waals surface area contributed by atoms with E-state index < -0.39 is 0 Å². The third-order valence-corrected chi connectivity index (χ3v) is 5.84. The first-order chi connectivity index (χ1) is 14.8. The van der Waals surface area contributed by atoms with Crippen molar-refractivity contribution in [3.8, 4) is 0 Å². The van der Waals surface area contributed by atoms with Crippen LogP contribution < -0.4 is 5.32 Å².